The maximum absolute atomic E-state index is 12.9. The van der Waals surface area contributed by atoms with Gasteiger partial charge < -0.3 is 14.6 Å². The molecular weight excluding hydrogens is 348 g/mol. The summed E-state index contributed by atoms with van der Waals surface area (Å²) in [6.45, 7) is 8.15. The molecule has 28 heavy (non-hydrogen) atoms. The highest BCUT2D eigenvalue weighted by molar-refractivity contribution is 5.87. The first-order valence-electron chi connectivity index (χ1n) is 9.90. The molecule has 1 N–H and O–H groups in total. The maximum atomic E-state index is 12.9. The minimum atomic E-state index is 0.108. The van der Waals surface area contributed by atoms with Crippen molar-refractivity contribution in [3.05, 3.63) is 64.8 Å². The Morgan fingerprint density at radius 1 is 1.14 bits per heavy atom. The van der Waals surface area contributed by atoms with Gasteiger partial charge in [-0.1, -0.05) is 39.0 Å². The van der Waals surface area contributed by atoms with Gasteiger partial charge in [0.25, 0.3) is 0 Å². The number of H-pyrrole nitrogens is 1. The largest absolute Gasteiger partial charge is 0.497 e. The van der Waals surface area contributed by atoms with Crippen molar-refractivity contribution >= 4 is 16.8 Å². The van der Waals surface area contributed by atoms with E-state index in [0.717, 1.165) is 24.3 Å². The monoisotopic (exact) mass is 376 g/mol. The third-order valence-corrected chi connectivity index (χ3v) is 5.71. The van der Waals surface area contributed by atoms with Gasteiger partial charge in [0.1, 0.15) is 5.75 Å². The molecule has 4 rings (SSSR count). The summed E-state index contributed by atoms with van der Waals surface area (Å²) in [7, 11) is 1.65. The Labute approximate surface area is 166 Å². The van der Waals surface area contributed by atoms with Crippen molar-refractivity contribution in [2.45, 2.75) is 45.6 Å². The molecule has 1 aliphatic rings. The van der Waals surface area contributed by atoms with Crippen molar-refractivity contribution in [1.82, 2.24) is 9.88 Å². The fraction of sp³-hybridized carbons (Fsp3) is 0.375. The molecule has 4 nitrogen and oxygen atoms in total. The smallest absolute Gasteiger partial charge is 0.227 e. The van der Waals surface area contributed by atoms with Gasteiger partial charge in [-0.05, 0) is 40.8 Å². The second-order valence-corrected chi connectivity index (χ2v) is 8.68. The first kappa shape index (κ1) is 18.6. The Kier molecular flexibility index (Phi) is 4.66. The summed E-state index contributed by atoms with van der Waals surface area (Å²) in [6, 6.07) is 14.4. The Balaban J connectivity index is 1.56. The molecule has 146 valence electrons. The van der Waals surface area contributed by atoms with Crippen LogP contribution >= 0.6 is 0 Å². The van der Waals surface area contributed by atoms with Gasteiger partial charge >= 0.3 is 0 Å². The van der Waals surface area contributed by atoms with E-state index >= 15 is 0 Å². The molecule has 4 heteroatoms. The van der Waals surface area contributed by atoms with Gasteiger partial charge in [0, 0.05) is 41.7 Å². The van der Waals surface area contributed by atoms with E-state index in [1.54, 1.807) is 7.11 Å². The van der Waals surface area contributed by atoms with E-state index in [1.807, 2.05) is 29.2 Å². The average molecular weight is 377 g/mol. The lowest BCUT2D eigenvalue weighted by molar-refractivity contribution is -0.131. The van der Waals surface area contributed by atoms with Crippen molar-refractivity contribution in [2.24, 2.45) is 0 Å². The predicted molar refractivity (Wildman–Crippen MR) is 113 cm³/mol. The zero-order valence-corrected chi connectivity index (χ0v) is 17.1. The highest BCUT2D eigenvalue weighted by Crippen LogP contribution is 2.32. The lowest BCUT2D eigenvalue weighted by Crippen LogP contribution is -2.36. The van der Waals surface area contributed by atoms with Gasteiger partial charge in [0.05, 0.1) is 13.5 Å². The summed E-state index contributed by atoms with van der Waals surface area (Å²) >= 11 is 0. The molecule has 1 aliphatic heterocycles. The predicted octanol–water partition coefficient (Wildman–Crippen LogP) is 4.60. The van der Waals surface area contributed by atoms with Crippen LogP contribution < -0.4 is 4.74 Å². The summed E-state index contributed by atoms with van der Waals surface area (Å²) in [4.78, 5) is 18.5. The Hall–Kier alpha value is -2.75. The molecular formula is C24H28N2O2. The zero-order valence-electron chi connectivity index (χ0n) is 17.1. The molecule has 2 heterocycles. The summed E-state index contributed by atoms with van der Waals surface area (Å²) in [5.41, 5.74) is 6.16. The molecule has 0 unspecified atom stereocenters. The Bertz CT molecular complexity index is 1010. The number of rotatable bonds is 3. The number of carbonyl (C=O) groups excluding carboxylic acids is 1. The summed E-state index contributed by atoms with van der Waals surface area (Å²) in [5.74, 6) is 0.990. The molecule has 0 atom stereocenters. The first-order chi connectivity index (χ1) is 13.3. The van der Waals surface area contributed by atoms with Crippen molar-refractivity contribution in [3.8, 4) is 5.75 Å². The van der Waals surface area contributed by atoms with Crippen LogP contribution in [0.5, 0.6) is 5.75 Å². The number of ether oxygens (including phenoxy) is 1. The van der Waals surface area contributed by atoms with E-state index < -0.39 is 0 Å². The number of hydrogen-bond acceptors (Lipinski definition) is 2. The highest BCUT2D eigenvalue weighted by Gasteiger charge is 2.25. The van der Waals surface area contributed by atoms with Crippen LogP contribution in [0.1, 0.15) is 43.2 Å². The highest BCUT2D eigenvalue weighted by atomic mass is 16.5. The van der Waals surface area contributed by atoms with Crippen molar-refractivity contribution in [2.75, 3.05) is 13.7 Å². The molecule has 0 bridgehead atoms. The van der Waals surface area contributed by atoms with Crippen LogP contribution in [0.25, 0.3) is 10.9 Å². The van der Waals surface area contributed by atoms with Crippen molar-refractivity contribution in [3.63, 3.8) is 0 Å². The van der Waals surface area contributed by atoms with E-state index in [2.05, 4.69) is 44.0 Å². The molecule has 1 amide bonds. The van der Waals surface area contributed by atoms with Crippen LogP contribution in [0.4, 0.5) is 0 Å². The van der Waals surface area contributed by atoms with Gasteiger partial charge in [-0.3, -0.25) is 4.79 Å². The molecule has 0 aliphatic carbocycles. The lowest BCUT2D eigenvalue weighted by Gasteiger charge is -2.27. The van der Waals surface area contributed by atoms with Crippen molar-refractivity contribution < 1.29 is 9.53 Å². The average Bonchev–Trinajstić information content (AvgIpc) is 3.05. The molecule has 1 aromatic heterocycles. The van der Waals surface area contributed by atoms with Crippen LogP contribution in [0.3, 0.4) is 0 Å². The van der Waals surface area contributed by atoms with E-state index in [-0.39, 0.29) is 11.3 Å². The number of fused-ring (bicyclic) bond motifs is 3. The number of benzene rings is 2. The second kappa shape index (κ2) is 7.01. The molecule has 0 saturated carbocycles. The zero-order chi connectivity index (χ0) is 19.9. The Morgan fingerprint density at radius 3 is 2.57 bits per heavy atom. The number of nitrogens with one attached hydrogen (secondary N) is 1. The first-order valence-corrected chi connectivity index (χ1v) is 9.90. The number of hydrogen-bond donors (Lipinski definition) is 1. The normalized spacial score (nSPS) is 14.2. The molecule has 0 spiro atoms. The summed E-state index contributed by atoms with van der Waals surface area (Å²) in [5, 5.41) is 1.25. The molecule has 0 saturated heterocycles. The van der Waals surface area contributed by atoms with E-state index in [1.165, 1.54) is 27.7 Å². The van der Waals surface area contributed by atoms with Gasteiger partial charge in [-0.2, -0.15) is 0 Å². The number of aromatic amines is 1. The quantitative estimate of drug-likeness (QED) is 0.726. The van der Waals surface area contributed by atoms with Crippen molar-refractivity contribution in [1.29, 1.82) is 0 Å². The number of amides is 1. The number of carbonyl (C=O) groups is 1. The molecule has 0 fully saturated rings. The Morgan fingerprint density at radius 2 is 1.89 bits per heavy atom. The van der Waals surface area contributed by atoms with Crippen LogP contribution in [0.2, 0.25) is 0 Å². The summed E-state index contributed by atoms with van der Waals surface area (Å²) in [6.07, 6.45) is 1.30. The maximum Gasteiger partial charge on any atom is 0.227 e. The van der Waals surface area contributed by atoms with Gasteiger partial charge in [-0.25, -0.2) is 0 Å². The molecule has 2 aromatic carbocycles. The molecule has 3 aromatic rings. The molecule has 0 radical (unpaired) electrons. The minimum Gasteiger partial charge on any atom is -0.497 e. The van der Waals surface area contributed by atoms with E-state index in [0.29, 0.717) is 13.0 Å². The second-order valence-electron chi connectivity index (χ2n) is 8.68. The van der Waals surface area contributed by atoms with Crippen LogP contribution in [-0.2, 0) is 29.6 Å². The van der Waals surface area contributed by atoms with Crippen LogP contribution in [0.15, 0.2) is 42.5 Å². The van der Waals surface area contributed by atoms with Gasteiger partial charge in [0.2, 0.25) is 5.91 Å². The topological polar surface area (TPSA) is 45.3 Å². The van der Waals surface area contributed by atoms with E-state index in [9.17, 15) is 4.79 Å². The SMILES string of the molecule is COc1ccc(CC(=O)N2CCc3[nH]c4ccc(C(C)(C)C)cc4c3C2)cc1. The third-order valence-electron chi connectivity index (χ3n) is 5.71. The number of aromatic nitrogens is 1. The third kappa shape index (κ3) is 3.51. The fourth-order valence-corrected chi connectivity index (χ4v) is 3.92. The van der Waals surface area contributed by atoms with E-state index in [4.69, 9.17) is 4.74 Å². The van der Waals surface area contributed by atoms with Gasteiger partial charge in [-0.15, -0.1) is 0 Å². The summed E-state index contributed by atoms with van der Waals surface area (Å²) < 4.78 is 5.20. The van der Waals surface area contributed by atoms with Gasteiger partial charge in [0.15, 0.2) is 0 Å². The van der Waals surface area contributed by atoms with Crippen LogP contribution in [0, 0.1) is 0 Å². The number of nitrogens with zero attached hydrogens (tertiary/aromatic N) is 1. The van der Waals surface area contributed by atoms with Crippen LogP contribution in [-0.4, -0.2) is 29.4 Å². The minimum absolute atomic E-state index is 0.108. The number of methoxy groups -OCH3 is 1. The standard InChI is InChI=1S/C24H28N2O2/c1-24(2,3)17-7-10-21-19(14-17)20-15-26(12-11-22(20)25-21)23(27)13-16-5-8-18(28-4)9-6-16/h5-10,14,25H,11-13,15H2,1-4H3. The lowest BCUT2D eigenvalue weighted by atomic mass is 9.86. The fourth-order valence-electron chi connectivity index (χ4n) is 3.92.